The molecule has 0 radical (unpaired) electrons. The molecule has 0 aliphatic rings. The first-order valence-electron chi connectivity index (χ1n) is 22.5. The lowest BCUT2D eigenvalue weighted by Gasteiger charge is -2.15. The summed E-state index contributed by atoms with van der Waals surface area (Å²) >= 11 is 0. The van der Waals surface area contributed by atoms with Crippen molar-refractivity contribution in [2.75, 3.05) is 0 Å². The van der Waals surface area contributed by atoms with Gasteiger partial charge in [-0.2, -0.15) is 22.8 Å². The minimum absolute atomic E-state index is 0.00842. The van der Waals surface area contributed by atoms with Crippen molar-refractivity contribution in [2.45, 2.75) is 19.6 Å². The van der Waals surface area contributed by atoms with Gasteiger partial charge in [0, 0.05) is 0 Å². The summed E-state index contributed by atoms with van der Waals surface area (Å²) in [5.74, 6) is -55.4. The first kappa shape index (κ1) is 58.9. The standard InChI is InChI=1S/C55H19F18NO8S2/c56-32-34(58)42(66)52(43(67)35(32)59)83(75,76)54-46(70)38(62)50(39(63)47(54)71)81-27-16-8-23(9-17-27)21-4-12-25(13-5-21)79-30-2-1-3-31(29(30)20-74)80-26-14-6-22(7-15-26)24-10-18-28(19-11-24)82-51-40(64)48(72)55(49(73)41(51)65)84(77,78)53-44(68)36(60)33(57)37(61)45(53)69/h1-19H. The highest BCUT2D eigenvalue weighted by Gasteiger charge is 2.43. The molecule has 0 bridgehead atoms. The number of ether oxygens (including phenoxy) is 4. The van der Waals surface area contributed by atoms with Crippen LogP contribution in [0.15, 0.2) is 135 Å². The largest absolute Gasteiger partial charge is 0.456 e. The molecule has 84 heavy (non-hydrogen) atoms. The second kappa shape index (κ2) is 22.2. The van der Waals surface area contributed by atoms with E-state index < -0.39 is 167 Å². The van der Waals surface area contributed by atoms with E-state index in [9.17, 15) is 66.0 Å². The van der Waals surface area contributed by atoms with E-state index in [0.29, 0.717) is 22.3 Å². The molecule has 9 aromatic carbocycles. The second-order valence-electron chi connectivity index (χ2n) is 16.9. The number of nitriles is 1. The van der Waals surface area contributed by atoms with Crippen molar-refractivity contribution < 1.29 is 115 Å². The topological polar surface area (TPSA) is 129 Å². The Balaban J connectivity index is 0.851. The molecule has 29 heteroatoms. The summed E-state index contributed by atoms with van der Waals surface area (Å²) in [6, 6.07) is 27.4. The maximum atomic E-state index is 15.1. The Morgan fingerprint density at radius 1 is 0.274 bits per heavy atom. The fourth-order valence-corrected chi connectivity index (χ4v) is 10.8. The fourth-order valence-electron chi connectivity index (χ4n) is 7.82. The minimum atomic E-state index is -6.53. The molecule has 9 rings (SSSR count). The first-order valence-corrected chi connectivity index (χ1v) is 25.5. The maximum Gasteiger partial charge on any atom is 0.218 e. The second-order valence-corrected chi connectivity index (χ2v) is 20.5. The van der Waals surface area contributed by atoms with Crippen LogP contribution in [-0.2, 0) is 19.7 Å². The lowest BCUT2D eigenvalue weighted by molar-refractivity contribution is 0.347. The highest BCUT2D eigenvalue weighted by Crippen LogP contribution is 2.43. The normalized spacial score (nSPS) is 11.6. The summed E-state index contributed by atoms with van der Waals surface area (Å²) < 4.78 is 333. The van der Waals surface area contributed by atoms with Crippen LogP contribution >= 0.6 is 0 Å². The van der Waals surface area contributed by atoms with Gasteiger partial charge in [-0.05, 0) is 82.9 Å². The van der Waals surface area contributed by atoms with Crippen molar-refractivity contribution in [2.24, 2.45) is 0 Å². The van der Waals surface area contributed by atoms with Crippen molar-refractivity contribution in [3.8, 4) is 74.3 Å². The number of rotatable bonds is 14. The molecule has 0 atom stereocenters. The van der Waals surface area contributed by atoms with E-state index >= 15 is 35.1 Å². The third kappa shape index (κ3) is 10.2. The number of hydrogen-bond donors (Lipinski definition) is 0. The molecule has 430 valence electrons. The average molecular weight is 1230 g/mol. The Morgan fingerprint density at radius 2 is 0.476 bits per heavy atom. The lowest BCUT2D eigenvalue weighted by atomic mass is 10.1. The van der Waals surface area contributed by atoms with E-state index in [1.165, 1.54) is 91.0 Å². The van der Waals surface area contributed by atoms with Gasteiger partial charge in [0.1, 0.15) is 65.7 Å². The number of hydrogen-bond acceptors (Lipinski definition) is 9. The van der Waals surface area contributed by atoms with Gasteiger partial charge in [0.15, 0.2) is 69.8 Å². The van der Waals surface area contributed by atoms with Crippen LogP contribution < -0.4 is 18.9 Å². The van der Waals surface area contributed by atoms with Crippen molar-refractivity contribution in [1.82, 2.24) is 0 Å². The summed E-state index contributed by atoms with van der Waals surface area (Å²) in [4.78, 5) is -11.0. The maximum absolute atomic E-state index is 15.1. The third-order valence-corrected chi connectivity index (χ3v) is 15.4. The summed E-state index contributed by atoms with van der Waals surface area (Å²) in [5, 5.41) is 10.1. The summed E-state index contributed by atoms with van der Waals surface area (Å²) in [5.41, 5.74) is 1.55. The van der Waals surface area contributed by atoms with Crippen molar-refractivity contribution in [1.29, 1.82) is 5.26 Å². The number of sulfone groups is 2. The molecule has 0 aliphatic carbocycles. The van der Waals surface area contributed by atoms with Crippen molar-refractivity contribution >= 4 is 19.7 Å². The molecule has 0 fully saturated rings. The Kier molecular flexibility index (Phi) is 15.6. The molecular weight excluding hydrogens is 1210 g/mol. The molecular formula is C55H19F18NO8S2. The molecule has 0 saturated heterocycles. The van der Waals surface area contributed by atoms with E-state index in [4.69, 9.17) is 18.9 Å². The average Bonchev–Trinajstić information content (AvgIpc) is 2.12. The van der Waals surface area contributed by atoms with Crippen LogP contribution in [0.25, 0.3) is 22.3 Å². The first-order chi connectivity index (χ1) is 39.6. The van der Waals surface area contributed by atoms with Gasteiger partial charge in [-0.3, -0.25) is 0 Å². The van der Waals surface area contributed by atoms with Gasteiger partial charge in [-0.1, -0.05) is 54.6 Å². The van der Waals surface area contributed by atoms with Gasteiger partial charge in [0.05, 0.1) is 0 Å². The smallest absolute Gasteiger partial charge is 0.218 e. The molecule has 0 aromatic heterocycles. The van der Waals surface area contributed by atoms with Gasteiger partial charge in [-0.25, -0.2) is 78.3 Å². The fraction of sp³-hybridized carbons (Fsp3) is 0. The number of halogens is 18. The van der Waals surface area contributed by atoms with Crippen LogP contribution in [0.2, 0.25) is 0 Å². The zero-order valence-corrected chi connectivity index (χ0v) is 41.9. The Labute approximate surface area is 457 Å². The van der Waals surface area contributed by atoms with Crippen LogP contribution in [-0.4, -0.2) is 16.8 Å². The molecule has 0 spiro atoms. The minimum Gasteiger partial charge on any atom is -0.456 e. The Bertz CT molecular complexity index is 4100. The van der Waals surface area contributed by atoms with Gasteiger partial charge in [0.25, 0.3) is 0 Å². The van der Waals surface area contributed by atoms with Crippen molar-refractivity contribution in [3.63, 3.8) is 0 Å². The Hall–Kier alpha value is -9.69. The number of benzene rings is 9. The van der Waals surface area contributed by atoms with Crippen LogP contribution in [0.4, 0.5) is 79.0 Å². The zero-order valence-electron chi connectivity index (χ0n) is 40.3. The van der Waals surface area contributed by atoms with Gasteiger partial charge in [0.2, 0.25) is 66.1 Å². The molecule has 0 heterocycles. The van der Waals surface area contributed by atoms with E-state index in [0.717, 1.165) is 24.3 Å². The molecule has 9 aromatic rings. The van der Waals surface area contributed by atoms with Crippen LogP contribution in [0.1, 0.15) is 5.56 Å². The predicted molar refractivity (Wildman–Crippen MR) is 251 cm³/mol. The highest BCUT2D eigenvalue weighted by atomic mass is 32.2. The summed E-state index contributed by atoms with van der Waals surface area (Å²) in [6.07, 6.45) is 0. The predicted octanol–water partition coefficient (Wildman–Crippen LogP) is 16.2. The van der Waals surface area contributed by atoms with Crippen molar-refractivity contribution in [3.05, 3.63) is 226 Å². The SMILES string of the molecule is N#Cc1c(Oc2ccc(-c3ccc(Oc4c(F)c(F)c(S(=O)(=O)c5c(F)c(F)c(F)c(F)c5F)c(F)c4F)cc3)cc2)cccc1Oc1ccc(-c2ccc(Oc3c(F)c(F)c(S(=O)(=O)c4c(F)c(F)c(F)c(F)c4F)c(F)c3F)cc2)cc1. The van der Waals surface area contributed by atoms with Gasteiger partial charge >= 0.3 is 0 Å². The molecule has 0 unspecified atom stereocenters. The van der Waals surface area contributed by atoms with E-state index in [2.05, 4.69) is 0 Å². The zero-order chi connectivity index (χ0) is 61.2. The van der Waals surface area contributed by atoms with E-state index in [-0.39, 0.29) is 28.6 Å². The van der Waals surface area contributed by atoms with E-state index in [1.54, 1.807) is 0 Å². The quantitative estimate of drug-likeness (QED) is 0.0452. The summed E-state index contributed by atoms with van der Waals surface area (Å²) in [7, 11) is -13.1. The number of nitrogens with zero attached hydrogens (tertiary/aromatic N) is 1. The Morgan fingerprint density at radius 3 is 0.702 bits per heavy atom. The van der Waals surface area contributed by atoms with Gasteiger partial charge < -0.3 is 18.9 Å². The van der Waals surface area contributed by atoms with Crippen LogP contribution in [0.3, 0.4) is 0 Å². The lowest BCUT2D eigenvalue weighted by Crippen LogP contribution is -2.17. The highest BCUT2D eigenvalue weighted by molar-refractivity contribution is 7.91. The van der Waals surface area contributed by atoms with E-state index in [1.807, 2.05) is 6.07 Å². The van der Waals surface area contributed by atoms with Crippen LogP contribution in [0.5, 0.6) is 46.0 Å². The molecule has 0 N–H and O–H groups in total. The third-order valence-electron chi connectivity index (χ3n) is 11.9. The van der Waals surface area contributed by atoms with Crippen LogP contribution in [0, 0.1) is 116 Å². The monoisotopic (exact) mass is 1230 g/mol. The molecule has 0 amide bonds. The van der Waals surface area contributed by atoms with Gasteiger partial charge in [-0.15, -0.1) is 0 Å². The molecule has 0 saturated carbocycles. The molecule has 9 nitrogen and oxygen atoms in total. The molecule has 0 aliphatic heterocycles. The summed E-state index contributed by atoms with van der Waals surface area (Å²) in [6.45, 7) is 0.